The Morgan fingerprint density at radius 2 is 1.85 bits per heavy atom. The Morgan fingerprint density at radius 1 is 1.15 bits per heavy atom. The van der Waals surface area contributed by atoms with E-state index in [0.29, 0.717) is 37.7 Å². The number of nitrogens with one attached hydrogen (secondary N) is 1. The summed E-state index contributed by atoms with van der Waals surface area (Å²) in [5, 5.41) is 2.75. The van der Waals surface area contributed by atoms with Crippen LogP contribution in [0, 0.1) is 6.92 Å². The van der Waals surface area contributed by atoms with Gasteiger partial charge in [-0.1, -0.05) is 12.1 Å². The molecule has 3 rings (SSSR count). The van der Waals surface area contributed by atoms with Gasteiger partial charge in [-0.3, -0.25) is 4.79 Å². The van der Waals surface area contributed by atoms with Crippen molar-refractivity contribution < 1.29 is 22.7 Å². The fourth-order valence-electron chi connectivity index (χ4n) is 2.71. The number of nitrogens with zero attached hydrogens (tertiary/aromatic N) is 1. The van der Waals surface area contributed by atoms with Crippen molar-refractivity contribution in [2.24, 2.45) is 0 Å². The molecule has 0 bridgehead atoms. The SMILES string of the molecule is Cc1cccc(NC(=O)COc2ccc(S(=O)(=O)N3CCOCC3)cc2)c1. The Morgan fingerprint density at radius 3 is 2.52 bits per heavy atom. The number of rotatable bonds is 6. The summed E-state index contributed by atoms with van der Waals surface area (Å²) in [6.45, 7) is 3.27. The van der Waals surface area contributed by atoms with E-state index in [1.54, 1.807) is 18.2 Å². The maximum Gasteiger partial charge on any atom is 0.262 e. The van der Waals surface area contributed by atoms with Crippen LogP contribution in [0.4, 0.5) is 5.69 Å². The first-order chi connectivity index (χ1) is 12.9. The van der Waals surface area contributed by atoms with Gasteiger partial charge in [-0.05, 0) is 48.9 Å². The molecule has 0 unspecified atom stereocenters. The number of ether oxygens (including phenoxy) is 2. The van der Waals surface area contributed by atoms with Crippen molar-refractivity contribution in [1.29, 1.82) is 0 Å². The van der Waals surface area contributed by atoms with Crippen LogP contribution >= 0.6 is 0 Å². The molecule has 1 amide bonds. The highest BCUT2D eigenvalue weighted by molar-refractivity contribution is 7.89. The van der Waals surface area contributed by atoms with E-state index in [9.17, 15) is 13.2 Å². The van der Waals surface area contributed by atoms with Crippen molar-refractivity contribution in [3.05, 3.63) is 54.1 Å². The lowest BCUT2D eigenvalue weighted by molar-refractivity contribution is -0.118. The number of aryl methyl sites for hydroxylation is 1. The number of benzene rings is 2. The lowest BCUT2D eigenvalue weighted by Crippen LogP contribution is -2.40. The Kier molecular flexibility index (Phi) is 6.10. The second kappa shape index (κ2) is 8.51. The number of carbonyl (C=O) groups excluding carboxylic acids is 1. The van der Waals surface area contributed by atoms with Gasteiger partial charge in [-0.15, -0.1) is 0 Å². The molecule has 2 aromatic carbocycles. The summed E-state index contributed by atoms with van der Waals surface area (Å²) in [5.74, 6) is 0.140. The van der Waals surface area contributed by atoms with Crippen LogP contribution in [0.1, 0.15) is 5.56 Å². The second-order valence-corrected chi connectivity index (χ2v) is 8.13. The summed E-state index contributed by atoms with van der Waals surface area (Å²) in [6.07, 6.45) is 0. The highest BCUT2D eigenvalue weighted by Gasteiger charge is 2.26. The van der Waals surface area contributed by atoms with Gasteiger partial charge in [0.25, 0.3) is 5.91 Å². The monoisotopic (exact) mass is 390 g/mol. The molecular formula is C19H22N2O5S. The van der Waals surface area contributed by atoms with Crippen LogP contribution in [0.25, 0.3) is 0 Å². The van der Waals surface area contributed by atoms with Crippen LogP contribution in [0.2, 0.25) is 0 Å². The van der Waals surface area contributed by atoms with Gasteiger partial charge in [0.15, 0.2) is 6.61 Å². The average molecular weight is 390 g/mol. The van der Waals surface area contributed by atoms with Crippen molar-refractivity contribution in [3.8, 4) is 5.75 Å². The van der Waals surface area contributed by atoms with E-state index in [4.69, 9.17) is 9.47 Å². The third-order valence-corrected chi connectivity index (χ3v) is 6.02. The van der Waals surface area contributed by atoms with Crippen LogP contribution in [0.3, 0.4) is 0 Å². The van der Waals surface area contributed by atoms with Gasteiger partial charge in [0.1, 0.15) is 5.75 Å². The fourth-order valence-corrected chi connectivity index (χ4v) is 4.12. The number of morpholine rings is 1. The largest absolute Gasteiger partial charge is 0.484 e. The van der Waals surface area contributed by atoms with Crippen molar-refractivity contribution in [3.63, 3.8) is 0 Å². The number of carbonyl (C=O) groups is 1. The molecule has 1 saturated heterocycles. The van der Waals surface area contributed by atoms with E-state index in [-0.39, 0.29) is 17.4 Å². The molecule has 0 radical (unpaired) electrons. The molecule has 7 nitrogen and oxygen atoms in total. The second-order valence-electron chi connectivity index (χ2n) is 6.19. The summed E-state index contributed by atoms with van der Waals surface area (Å²) >= 11 is 0. The molecule has 0 aromatic heterocycles. The van der Waals surface area contributed by atoms with Crippen LogP contribution < -0.4 is 10.1 Å². The number of sulfonamides is 1. The van der Waals surface area contributed by atoms with Crippen LogP contribution in [-0.4, -0.2) is 51.5 Å². The first-order valence-corrected chi connectivity index (χ1v) is 10.1. The van der Waals surface area contributed by atoms with Gasteiger partial charge >= 0.3 is 0 Å². The van der Waals surface area contributed by atoms with Gasteiger partial charge in [-0.25, -0.2) is 8.42 Å². The van der Waals surface area contributed by atoms with Crippen molar-refractivity contribution in [2.45, 2.75) is 11.8 Å². The minimum atomic E-state index is -3.54. The third kappa shape index (κ3) is 5.06. The van der Waals surface area contributed by atoms with Gasteiger partial charge in [0, 0.05) is 18.8 Å². The fraction of sp³-hybridized carbons (Fsp3) is 0.316. The zero-order chi connectivity index (χ0) is 19.3. The maximum absolute atomic E-state index is 12.6. The van der Waals surface area contributed by atoms with Crippen LogP contribution in [-0.2, 0) is 19.6 Å². The van der Waals surface area contributed by atoms with Gasteiger partial charge in [-0.2, -0.15) is 4.31 Å². The van der Waals surface area contributed by atoms with E-state index in [1.807, 2.05) is 25.1 Å². The lowest BCUT2D eigenvalue weighted by Gasteiger charge is -2.26. The third-order valence-electron chi connectivity index (χ3n) is 4.10. The van der Waals surface area contributed by atoms with E-state index in [1.165, 1.54) is 16.4 Å². The molecule has 27 heavy (non-hydrogen) atoms. The summed E-state index contributed by atoms with van der Waals surface area (Å²) in [5.41, 5.74) is 1.75. The van der Waals surface area contributed by atoms with E-state index < -0.39 is 10.0 Å². The predicted octanol–water partition coefficient (Wildman–Crippen LogP) is 2.03. The Bertz CT molecular complexity index is 891. The topological polar surface area (TPSA) is 84.9 Å². The molecule has 8 heteroatoms. The number of anilines is 1. The first-order valence-electron chi connectivity index (χ1n) is 8.62. The number of amides is 1. The first kappa shape index (κ1) is 19.3. The van der Waals surface area contributed by atoms with Crippen molar-refractivity contribution in [2.75, 3.05) is 38.2 Å². The number of hydrogen-bond acceptors (Lipinski definition) is 5. The molecule has 1 heterocycles. The molecular weight excluding hydrogens is 368 g/mol. The molecule has 1 N–H and O–H groups in total. The minimum Gasteiger partial charge on any atom is -0.484 e. The molecule has 0 atom stereocenters. The summed E-state index contributed by atoms with van der Waals surface area (Å²) in [4.78, 5) is 12.2. The Balaban J connectivity index is 1.56. The van der Waals surface area contributed by atoms with Crippen LogP contribution in [0.5, 0.6) is 5.75 Å². The zero-order valence-corrected chi connectivity index (χ0v) is 15.9. The summed E-state index contributed by atoms with van der Waals surface area (Å²) in [6, 6.07) is 13.5. The Hall–Kier alpha value is -2.42. The van der Waals surface area contributed by atoms with E-state index in [2.05, 4.69) is 5.32 Å². The van der Waals surface area contributed by atoms with Gasteiger partial charge in [0.2, 0.25) is 10.0 Å². The zero-order valence-electron chi connectivity index (χ0n) is 15.1. The lowest BCUT2D eigenvalue weighted by atomic mass is 10.2. The molecule has 1 aliphatic heterocycles. The quantitative estimate of drug-likeness (QED) is 0.816. The van der Waals surface area contributed by atoms with E-state index >= 15 is 0 Å². The predicted molar refractivity (Wildman–Crippen MR) is 101 cm³/mol. The van der Waals surface area contributed by atoms with Gasteiger partial charge < -0.3 is 14.8 Å². The molecule has 0 spiro atoms. The van der Waals surface area contributed by atoms with E-state index in [0.717, 1.165) is 5.56 Å². The molecule has 2 aromatic rings. The van der Waals surface area contributed by atoms with Gasteiger partial charge in [0.05, 0.1) is 18.1 Å². The summed E-state index contributed by atoms with van der Waals surface area (Å²) in [7, 11) is -3.54. The minimum absolute atomic E-state index is 0.163. The maximum atomic E-state index is 12.6. The number of hydrogen-bond donors (Lipinski definition) is 1. The molecule has 0 aliphatic carbocycles. The molecule has 1 fully saturated rings. The molecule has 0 saturated carbocycles. The van der Waals surface area contributed by atoms with Crippen molar-refractivity contribution >= 4 is 21.6 Å². The highest BCUT2D eigenvalue weighted by atomic mass is 32.2. The smallest absolute Gasteiger partial charge is 0.262 e. The molecule has 144 valence electrons. The average Bonchev–Trinajstić information content (AvgIpc) is 2.67. The summed E-state index contributed by atoms with van der Waals surface area (Å²) < 4.78 is 37.2. The highest BCUT2D eigenvalue weighted by Crippen LogP contribution is 2.20. The van der Waals surface area contributed by atoms with Crippen LogP contribution in [0.15, 0.2) is 53.4 Å². The normalized spacial score (nSPS) is 15.3. The standard InChI is InChI=1S/C19H22N2O5S/c1-15-3-2-4-16(13-15)20-19(22)14-26-17-5-7-18(8-6-17)27(23,24)21-9-11-25-12-10-21/h2-8,13H,9-12,14H2,1H3,(H,20,22). The Labute approximate surface area is 158 Å². The molecule has 1 aliphatic rings. The van der Waals surface area contributed by atoms with Crippen molar-refractivity contribution in [1.82, 2.24) is 4.31 Å².